The second-order valence-electron chi connectivity index (χ2n) is 4.71. The molecule has 1 nitrogen and oxygen atoms in total. The highest BCUT2D eigenvalue weighted by Gasteiger charge is 2.16. The molecule has 0 bridgehead atoms. The fourth-order valence-corrected chi connectivity index (χ4v) is 5.93. The van der Waals surface area contributed by atoms with E-state index in [0.717, 1.165) is 13.0 Å². The summed E-state index contributed by atoms with van der Waals surface area (Å²) >= 11 is 9.16. The van der Waals surface area contributed by atoms with Crippen molar-refractivity contribution in [1.29, 1.82) is 0 Å². The summed E-state index contributed by atoms with van der Waals surface area (Å²) in [5.74, 6) is 0. The number of rotatable bonds is 6. The zero-order chi connectivity index (χ0) is 13.9. The van der Waals surface area contributed by atoms with Crippen LogP contribution in [-0.4, -0.2) is 6.54 Å². The van der Waals surface area contributed by atoms with E-state index < -0.39 is 0 Å². The molecule has 0 aliphatic carbocycles. The maximum Gasteiger partial charge on any atom is 0.0701 e. The molecule has 1 unspecified atom stereocenters. The summed E-state index contributed by atoms with van der Waals surface area (Å²) in [6.07, 6.45) is 2.24. The van der Waals surface area contributed by atoms with Gasteiger partial charge in [-0.25, -0.2) is 0 Å². The zero-order valence-corrected chi connectivity index (χ0v) is 15.2. The van der Waals surface area contributed by atoms with E-state index in [2.05, 4.69) is 57.8 Å². The van der Waals surface area contributed by atoms with Crippen molar-refractivity contribution < 1.29 is 0 Å². The van der Waals surface area contributed by atoms with Crippen LogP contribution < -0.4 is 5.32 Å². The number of hydrogen-bond donors (Lipinski definition) is 1. The van der Waals surface area contributed by atoms with Crippen molar-refractivity contribution in [3.8, 4) is 0 Å². The first kappa shape index (κ1) is 14.7. The monoisotopic (exact) mass is 385 g/mol. The number of hydrogen-bond acceptors (Lipinski definition) is 4. The lowest BCUT2D eigenvalue weighted by molar-refractivity contribution is 0.540. The molecule has 0 aliphatic heterocycles. The summed E-state index contributed by atoms with van der Waals surface area (Å²) in [4.78, 5) is 2.90. The maximum atomic E-state index is 3.70. The molecule has 3 aromatic rings. The standard InChI is InChI=1S/C15H16BrNS3/c1-2-6-17-11(8-10-3-4-15(16)19-10)13-9-14-12(20-13)5-7-18-14/h3-5,7,9,11,17H,2,6,8H2,1H3. The topological polar surface area (TPSA) is 12.0 Å². The molecule has 0 amide bonds. The summed E-state index contributed by atoms with van der Waals surface area (Å²) in [6.45, 7) is 3.29. The first-order valence-electron chi connectivity index (χ1n) is 6.71. The predicted octanol–water partition coefficient (Wildman–Crippen LogP) is 6.07. The number of nitrogens with one attached hydrogen (secondary N) is 1. The Hall–Kier alpha value is -0.200. The molecule has 1 N–H and O–H groups in total. The zero-order valence-electron chi connectivity index (χ0n) is 11.2. The van der Waals surface area contributed by atoms with E-state index >= 15 is 0 Å². The van der Waals surface area contributed by atoms with Gasteiger partial charge in [0.25, 0.3) is 0 Å². The Labute approximate surface area is 139 Å². The van der Waals surface area contributed by atoms with E-state index in [-0.39, 0.29) is 0 Å². The van der Waals surface area contributed by atoms with Gasteiger partial charge in [-0.15, -0.1) is 34.0 Å². The van der Waals surface area contributed by atoms with E-state index in [4.69, 9.17) is 0 Å². The molecule has 3 heterocycles. The minimum Gasteiger partial charge on any atom is -0.309 e. The van der Waals surface area contributed by atoms with Crippen molar-refractivity contribution in [1.82, 2.24) is 5.32 Å². The highest BCUT2D eigenvalue weighted by Crippen LogP contribution is 2.35. The first-order chi connectivity index (χ1) is 9.76. The molecule has 0 saturated heterocycles. The lowest BCUT2D eigenvalue weighted by Gasteiger charge is -2.16. The molecule has 20 heavy (non-hydrogen) atoms. The average molecular weight is 386 g/mol. The maximum absolute atomic E-state index is 3.70. The molecule has 0 radical (unpaired) electrons. The lowest BCUT2D eigenvalue weighted by Crippen LogP contribution is -2.22. The van der Waals surface area contributed by atoms with Gasteiger partial charge in [-0.1, -0.05) is 6.92 Å². The van der Waals surface area contributed by atoms with Crippen LogP contribution in [0.1, 0.15) is 29.1 Å². The van der Waals surface area contributed by atoms with Gasteiger partial charge in [-0.05, 0) is 58.5 Å². The fraction of sp³-hybridized carbons (Fsp3) is 0.333. The van der Waals surface area contributed by atoms with Crippen molar-refractivity contribution in [2.45, 2.75) is 25.8 Å². The summed E-state index contributed by atoms with van der Waals surface area (Å²) in [6, 6.07) is 9.40. The van der Waals surface area contributed by atoms with Gasteiger partial charge in [0.15, 0.2) is 0 Å². The van der Waals surface area contributed by atoms with Crippen LogP contribution in [0.5, 0.6) is 0 Å². The van der Waals surface area contributed by atoms with Gasteiger partial charge in [-0.2, -0.15) is 0 Å². The second kappa shape index (κ2) is 6.71. The highest BCUT2D eigenvalue weighted by atomic mass is 79.9. The van der Waals surface area contributed by atoms with Crippen molar-refractivity contribution in [3.05, 3.63) is 43.2 Å². The van der Waals surface area contributed by atoms with E-state index in [9.17, 15) is 0 Å². The van der Waals surface area contributed by atoms with Crippen molar-refractivity contribution in [2.24, 2.45) is 0 Å². The Bertz CT molecular complexity index is 653. The normalized spacial score (nSPS) is 13.1. The highest BCUT2D eigenvalue weighted by molar-refractivity contribution is 9.11. The van der Waals surface area contributed by atoms with Crippen LogP contribution in [0.15, 0.2) is 33.4 Å². The smallest absolute Gasteiger partial charge is 0.0701 e. The molecule has 0 aliphatic rings. The van der Waals surface area contributed by atoms with Crippen LogP contribution >= 0.6 is 49.9 Å². The van der Waals surface area contributed by atoms with Gasteiger partial charge in [0.1, 0.15) is 0 Å². The Balaban J connectivity index is 1.83. The molecule has 106 valence electrons. The molecule has 0 fully saturated rings. The summed E-state index contributed by atoms with van der Waals surface area (Å²) < 4.78 is 4.05. The van der Waals surface area contributed by atoms with E-state index in [1.54, 1.807) is 0 Å². The van der Waals surface area contributed by atoms with Gasteiger partial charge in [0.05, 0.1) is 3.79 Å². The quantitative estimate of drug-likeness (QED) is 0.542. The second-order valence-corrected chi connectivity index (χ2v) is 9.33. The molecular weight excluding hydrogens is 370 g/mol. The molecule has 3 rings (SSSR count). The minimum absolute atomic E-state index is 0.435. The predicted molar refractivity (Wildman–Crippen MR) is 96.5 cm³/mol. The summed E-state index contributed by atoms with van der Waals surface area (Å²) in [5, 5.41) is 5.88. The molecule has 0 spiro atoms. The Morgan fingerprint density at radius 2 is 2.10 bits per heavy atom. The Morgan fingerprint density at radius 1 is 1.20 bits per heavy atom. The van der Waals surface area contributed by atoms with Crippen molar-refractivity contribution in [2.75, 3.05) is 6.54 Å². The average Bonchev–Trinajstić information content (AvgIpc) is 3.09. The van der Waals surface area contributed by atoms with Crippen LogP contribution in [0.2, 0.25) is 0 Å². The van der Waals surface area contributed by atoms with Crippen molar-refractivity contribution >= 4 is 59.3 Å². The summed E-state index contributed by atoms with van der Waals surface area (Å²) in [7, 11) is 0. The third kappa shape index (κ3) is 3.34. The molecule has 0 aromatic carbocycles. The van der Waals surface area contributed by atoms with Gasteiger partial charge in [-0.3, -0.25) is 0 Å². The van der Waals surface area contributed by atoms with Gasteiger partial charge in [0.2, 0.25) is 0 Å². The van der Waals surface area contributed by atoms with Crippen molar-refractivity contribution in [3.63, 3.8) is 0 Å². The molecule has 1 atom stereocenters. The Kier molecular flexibility index (Phi) is 4.94. The first-order valence-corrected chi connectivity index (χ1v) is 10.0. The van der Waals surface area contributed by atoms with Gasteiger partial charge in [0, 0.05) is 31.6 Å². The molecule has 3 aromatic heterocycles. The SMILES string of the molecule is CCCNC(Cc1ccc(Br)s1)c1cc2sccc2s1. The fourth-order valence-electron chi connectivity index (χ4n) is 2.21. The molecular formula is C15H16BrNS3. The van der Waals surface area contributed by atoms with E-state index in [1.807, 2.05) is 34.0 Å². The van der Waals surface area contributed by atoms with Gasteiger partial charge >= 0.3 is 0 Å². The lowest BCUT2D eigenvalue weighted by atomic mass is 10.1. The van der Waals surface area contributed by atoms with E-state index in [0.29, 0.717) is 6.04 Å². The van der Waals surface area contributed by atoms with Crippen LogP contribution in [0.4, 0.5) is 0 Å². The molecule has 5 heteroatoms. The third-order valence-corrected chi connectivity index (χ3v) is 7.03. The number of fused-ring (bicyclic) bond motifs is 1. The van der Waals surface area contributed by atoms with Crippen LogP contribution in [0.25, 0.3) is 9.40 Å². The van der Waals surface area contributed by atoms with Crippen LogP contribution in [-0.2, 0) is 6.42 Å². The van der Waals surface area contributed by atoms with E-state index in [1.165, 1.54) is 29.4 Å². The Morgan fingerprint density at radius 3 is 2.80 bits per heavy atom. The van der Waals surface area contributed by atoms with Gasteiger partial charge < -0.3 is 5.32 Å². The number of halogens is 1. The molecule has 0 saturated carbocycles. The minimum atomic E-state index is 0.435. The number of thiophene rings is 3. The third-order valence-electron chi connectivity index (χ3n) is 3.18. The largest absolute Gasteiger partial charge is 0.309 e. The van der Waals surface area contributed by atoms with Crippen LogP contribution in [0, 0.1) is 0 Å². The van der Waals surface area contributed by atoms with Crippen LogP contribution in [0.3, 0.4) is 0 Å². The summed E-state index contributed by atoms with van der Waals surface area (Å²) in [5.41, 5.74) is 0.